The van der Waals surface area contributed by atoms with Crippen LogP contribution in [-0.2, 0) is 7.05 Å². The Morgan fingerprint density at radius 3 is 2.72 bits per heavy atom. The molecule has 1 aromatic heterocycles. The predicted molar refractivity (Wildman–Crippen MR) is 111 cm³/mol. The highest BCUT2D eigenvalue weighted by Crippen LogP contribution is 2.44. The van der Waals surface area contributed by atoms with E-state index in [1.54, 1.807) is 53.0 Å². The minimum atomic E-state index is -0.994. The Hall–Kier alpha value is -2.94. The molecular formula is C20H20BrN5O3. The van der Waals surface area contributed by atoms with E-state index >= 15 is 0 Å². The molecule has 2 atom stereocenters. The number of Topliss-reactive ketones (excluding diaryl/α,β-unsaturated/α-hetero) is 1. The molecule has 2 unspecified atom stereocenters. The number of ketones is 1. The summed E-state index contributed by atoms with van der Waals surface area (Å²) < 4.78 is 2.36. The fraction of sp³-hybridized carbons (Fsp3) is 0.300. The van der Waals surface area contributed by atoms with Crippen molar-refractivity contribution in [2.45, 2.75) is 12.3 Å². The maximum absolute atomic E-state index is 13.6. The Kier molecular flexibility index (Phi) is 4.99. The number of aromatic nitrogens is 1. The van der Waals surface area contributed by atoms with Crippen molar-refractivity contribution < 1.29 is 9.72 Å². The second-order valence-electron chi connectivity index (χ2n) is 7.15. The quantitative estimate of drug-likeness (QED) is 0.416. The molecule has 0 saturated carbocycles. The first-order chi connectivity index (χ1) is 13.9. The van der Waals surface area contributed by atoms with Gasteiger partial charge in [0.05, 0.1) is 22.5 Å². The third-order valence-electron chi connectivity index (χ3n) is 5.49. The lowest BCUT2D eigenvalue weighted by Gasteiger charge is -2.41. The summed E-state index contributed by atoms with van der Waals surface area (Å²) in [4.78, 5) is 26.9. The van der Waals surface area contributed by atoms with Crippen LogP contribution in [0.1, 0.15) is 28.4 Å². The standard InChI is InChI=1S/C20H20BrN5O3/c1-24-10-4-8-14(24)18(27)16-15(12-6-2-3-7-13(12)21)17(26(28)29)20-23-9-5-11-25(20)19(16)22/h2-4,6-8,10,15-16,22-23H,5,9,11H2,1H3. The van der Waals surface area contributed by atoms with Crippen molar-refractivity contribution in [1.82, 2.24) is 14.8 Å². The molecule has 0 aliphatic carbocycles. The van der Waals surface area contributed by atoms with Gasteiger partial charge in [-0.1, -0.05) is 34.1 Å². The lowest BCUT2D eigenvalue weighted by atomic mass is 9.76. The molecule has 0 spiro atoms. The van der Waals surface area contributed by atoms with Gasteiger partial charge in [-0.2, -0.15) is 0 Å². The molecular weight excluding hydrogens is 438 g/mol. The van der Waals surface area contributed by atoms with Crippen molar-refractivity contribution in [2.75, 3.05) is 13.1 Å². The third-order valence-corrected chi connectivity index (χ3v) is 6.21. The van der Waals surface area contributed by atoms with Gasteiger partial charge in [-0.25, -0.2) is 0 Å². The van der Waals surface area contributed by atoms with E-state index in [1.165, 1.54) is 0 Å². The Bertz CT molecular complexity index is 1040. The first kappa shape index (κ1) is 19.4. The molecule has 0 radical (unpaired) electrons. The monoisotopic (exact) mass is 457 g/mol. The molecule has 2 aliphatic heterocycles. The van der Waals surface area contributed by atoms with Gasteiger partial charge in [0.25, 0.3) is 5.70 Å². The summed E-state index contributed by atoms with van der Waals surface area (Å²) in [6, 6.07) is 10.6. The van der Waals surface area contributed by atoms with Gasteiger partial charge in [0.15, 0.2) is 11.6 Å². The number of nitrogens with zero attached hydrogens (tertiary/aromatic N) is 3. The van der Waals surface area contributed by atoms with Gasteiger partial charge < -0.3 is 14.8 Å². The summed E-state index contributed by atoms with van der Waals surface area (Å²) >= 11 is 3.49. The molecule has 29 heavy (non-hydrogen) atoms. The topological polar surface area (TPSA) is 104 Å². The highest BCUT2D eigenvalue weighted by molar-refractivity contribution is 9.10. The second kappa shape index (κ2) is 7.47. The normalized spacial score (nSPS) is 21.6. The van der Waals surface area contributed by atoms with Gasteiger partial charge in [-0.05, 0) is 30.2 Å². The van der Waals surface area contributed by atoms with Crippen LogP contribution in [0.4, 0.5) is 0 Å². The zero-order chi connectivity index (χ0) is 20.7. The van der Waals surface area contributed by atoms with Gasteiger partial charge in [-0.15, -0.1) is 0 Å². The van der Waals surface area contributed by atoms with Crippen molar-refractivity contribution in [3.63, 3.8) is 0 Å². The maximum Gasteiger partial charge on any atom is 0.294 e. The predicted octanol–water partition coefficient (Wildman–Crippen LogP) is 3.10. The van der Waals surface area contributed by atoms with Gasteiger partial charge in [0, 0.05) is 30.8 Å². The Morgan fingerprint density at radius 2 is 2.07 bits per heavy atom. The molecule has 0 amide bonds. The largest absolute Gasteiger partial charge is 0.366 e. The minimum absolute atomic E-state index is 0.0693. The fourth-order valence-corrected chi connectivity index (χ4v) is 4.69. The van der Waals surface area contributed by atoms with E-state index in [9.17, 15) is 14.9 Å². The number of allylic oxidation sites excluding steroid dienone is 1. The average Bonchev–Trinajstić information content (AvgIpc) is 3.13. The van der Waals surface area contributed by atoms with Crippen LogP contribution in [0, 0.1) is 21.4 Å². The molecule has 0 bridgehead atoms. The highest BCUT2D eigenvalue weighted by Gasteiger charge is 2.51. The minimum Gasteiger partial charge on any atom is -0.366 e. The number of carbonyl (C=O) groups is 1. The molecule has 1 fully saturated rings. The number of nitro groups is 1. The molecule has 2 aromatic rings. The molecule has 8 nitrogen and oxygen atoms in total. The molecule has 1 saturated heterocycles. The van der Waals surface area contributed by atoms with Crippen molar-refractivity contribution in [1.29, 1.82) is 5.41 Å². The fourth-order valence-electron chi connectivity index (χ4n) is 4.16. The molecule has 1 aromatic carbocycles. The summed E-state index contributed by atoms with van der Waals surface area (Å²) in [5.41, 5.74) is 0.976. The summed E-state index contributed by atoms with van der Waals surface area (Å²) in [5, 5.41) is 24.1. The number of carbonyl (C=O) groups excluding carboxylic acids is 1. The van der Waals surface area contributed by atoms with Crippen molar-refractivity contribution in [3.8, 4) is 0 Å². The van der Waals surface area contributed by atoms with E-state index in [0.29, 0.717) is 34.6 Å². The van der Waals surface area contributed by atoms with Crippen LogP contribution < -0.4 is 5.32 Å². The molecule has 150 valence electrons. The smallest absolute Gasteiger partial charge is 0.294 e. The van der Waals surface area contributed by atoms with Gasteiger partial charge >= 0.3 is 0 Å². The van der Waals surface area contributed by atoms with Gasteiger partial charge in [-0.3, -0.25) is 20.3 Å². The summed E-state index contributed by atoms with van der Waals surface area (Å²) in [5.74, 6) is -1.77. The number of benzene rings is 1. The highest BCUT2D eigenvalue weighted by atomic mass is 79.9. The Balaban J connectivity index is 1.97. The number of hydrogen-bond acceptors (Lipinski definition) is 5. The van der Waals surface area contributed by atoms with E-state index < -0.39 is 16.8 Å². The van der Waals surface area contributed by atoms with Crippen LogP contribution in [0.15, 0.2) is 58.6 Å². The van der Waals surface area contributed by atoms with E-state index in [0.717, 1.165) is 6.42 Å². The number of fused-ring (bicyclic) bond motifs is 1. The number of halogens is 1. The number of rotatable bonds is 4. The zero-order valence-electron chi connectivity index (χ0n) is 15.8. The number of amidine groups is 1. The van der Waals surface area contributed by atoms with Crippen molar-refractivity contribution in [2.24, 2.45) is 13.0 Å². The molecule has 9 heteroatoms. The van der Waals surface area contributed by atoms with E-state index in [4.69, 9.17) is 5.41 Å². The summed E-state index contributed by atoms with van der Waals surface area (Å²) in [6.45, 7) is 1.06. The van der Waals surface area contributed by atoms with E-state index in [1.807, 2.05) is 6.07 Å². The number of hydrogen-bond donors (Lipinski definition) is 2. The Morgan fingerprint density at radius 1 is 1.31 bits per heavy atom. The summed E-state index contributed by atoms with van der Waals surface area (Å²) in [7, 11) is 1.76. The second-order valence-corrected chi connectivity index (χ2v) is 8.01. The molecule has 3 heterocycles. The van der Waals surface area contributed by atoms with Crippen molar-refractivity contribution in [3.05, 3.63) is 80.0 Å². The first-order valence-corrected chi connectivity index (χ1v) is 10.1. The molecule has 2 aliphatic rings. The molecule has 2 N–H and O–H groups in total. The first-order valence-electron chi connectivity index (χ1n) is 9.30. The van der Waals surface area contributed by atoms with Gasteiger partial charge in [0.1, 0.15) is 5.84 Å². The van der Waals surface area contributed by atoms with Crippen molar-refractivity contribution >= 4 is 27.5 Å². The van der Waals surface area contributed by atoms with E-state index in [2.05, 4.69) is 21.2 Å². The molecule has 4 rings (SSSR count). The lowest BCUT2D eigenvalue weighted by molar-refractivity contribution is -0.434. The van der Waals surface area contributed by atoms with Crippen LogP contribution in [0.5, 0.6) is 0 Å². The van der Waals surface area contributed by atoms with Crippen LogP contribution in [0.25, 0.3) is 0 Å². The van der Waals surface area contributed by atoms with E-state index in [-0.39, 0.29) is 17.3 Å². The maximum atomic E-state index is 13.6. The van der Waals surface area contributed by atoms with Crippen LogP contribution in [0.2, 0.25) is 0 Å². The third kappa shape index (κ3) is 3.15. The average molecular weight is 458 g/mol. The lowest BCUT2D eigenvalue weighted by Crippen LogP contribution is -2.54. The number of aryl methyl sites for hydroxylation is 1. The van der Waals surface area contributed by atoms with Crippen LogP contribution in [0.3, 0.4) is 0 Å². The van der Waals surface area contributed by atoms with Crippen LogP contribution >= 0.6 is 15.9 Å². The Labute approximate surface area is 176 Å². The SMILES string of the molecule is Cn1cccc1C(=O)C1C(=N)N2CCCNC2=C([N+](=O)[O-])C1c1ccccc1Br. The van der Waals surface area contributed by atoms with Crippen LogP contribution in [-0.4, -0.2) is 39.1 Å². The summed E-state index contributed by atoms with van der Waals surface area (Å²) in [6.07, 6.45) is 2.49. The van der Waals surface area contributed by atoms with Gasteiger partial charge in [0.2, 0.25) is 0 Å². The zero-order valence-corrected chi connectivity index (χ0v) is 17.3. The number of nitrogens with one attached hydrogen (secondary N) is 2.